The van der Waals surface area contributed by atoms with Gasteiger partial charge in [-0.3, -0.25) is 0 Å². The normalized spacial score (nSPS) is 13.9. The summed E-state index contributed by atoms with van der Waals surface area (Å²) in [6.07, 6.45) is -5.66. The summed E-state index contributed by atoms with van der Waals surface area (Å²) in [5.74, 6) is -0.622. The third-order valence-electron chi connectivity index (χ3n) is 1.99. The lowest BCUT2D eigenvalue weighted by Crippen LogP contribution is -2.13. The fourth-order valence-corrected chi connectivity index (χ4v) is 1.54. The van der Waals surface area contributed by atoms with E-state index in [-0.39, 0.29) is 17.0 Å². The van der Waals surface area contributed by atoms with Gasteiger partial charge in [0.25, 0.3) is 0 Å². The maximum absolute atomic E-state index is 12.6. The van der Waals surface area contributed by atoms with Crippen molar-refractivity contribution in [1.29, 1.82) is 0 Å². The maximum atomic E-state index is 12.6. The van der Waals surface area contributed by atoms with E-state index >= 15 is 0 Å². The Balaban J connectivity index is 3.28. The molecule has 0 heterocycles. The highest BCUT2D eigenvalue weighted by Crippen LogP contribution is 2.37. The Labute approximate surface area is 95.3 Å². The molecule has 0 bridgehead atoms. The summed E-state index contributed by atoms with van der Waals surface area (Å²) in [7, 11) is 0. The molecule has 2 N–H and O–H groups in total. The first-order valence-electron chi connectivity index (χ1n) is 4.48. The van der Waals surface area contributed by atoms with Crippen molar-refractivity contribution < 1.29 is 23.4 Å². The van der Waals surface area contributed by atoms with Crippen molar-refractivity contribution in [2.75, 3.05) is 0 Å². The number of aromatic hydroxyl groups is 1. The predicted octanol–water partition coefficient (Wildman–Crippen LogP) is 2.99. The zero-order valence-electron chi connectivity index (χ0n) is 8.35. The van der Waals surface area contributed by atoms with E-state index in [1.165, 1.54) is 6.92 Å². The molecule has 2 nitrogen and oxygen atoms in total. The zero-order valence-corrected chi connectivity index (χ0v) is 9.10. The highest BCUT2D eigenvalue weighted by atomic mass is 35.5. The third kappa shape index (κ3) is 3.02. The molecule has 0 saturated heterocycles. The van der Waals surface area contributed by atoms with Crippen LogP contribution in [0.3, 0.4) is 0 Å². The Morgan fingerprint density at radius 1 is 1.38 bits per heavy atom. The van der Waals surface area contributed by atoms with Crippen LogP contribution in [0.1, 0.15) is 18.1 Å². The lowest BCUT2D eigenvalue weighted by Gasteiger charge is -2.15. The first-order valence-corrected chi connectivity index (χ1v) is 4.86. The molecule has 0 spiro atoms. The minimum absolute atomic E-state index is 0.134. The van der Waals surface area contributed by atoms with Crippen molar-refractivity contribution in [3.8, 4) is 5.75 Å². The summed E-state index contributed by atoms with van der Waals surface area (Å²) in [5.41, 5.74) is -1.11. The van der Waals surface area contributed by atoms with Crippen LogP contribution in [-0.2, 0) is 12.6 Å². The van der Waals surface area contributed by atoms with Gasteiger partial charge >= 0.3 is 6.18 Å². The molecular weight excluding hydrogens is 245 g/mol. The van der Waals surface area contributed by atoms with Crippen LogP contribution in [0.4, 0.5) is 13.2 Å². The number of hydrogen-bond donors (Lipinski definition) is 2. The molecule has 1 atom stereocenters. The molecule has 90 valence electrons. The lowest BCUT2D eigenvalue weighted by atomic mass is 10.0. The zero-order chi connectivity index (χ0) is 12.5. The third-order valence-corrected chi connectivity index (χ3v) is 2.30. The van der Waals surface area contributed by atoms with Gasteiger partial charge in [-0.15, -0.1) is 0 Å². The van der Waals surface area contributed by atoms with Crippen LogP contribution in [0.5, 0.6) is 5.75 Å². The average molecular weight is 255 g/mol. The van der Waals surface area contributed by atoms with Crippen molar-refractivity contribution in [3.05, 3.63) is 28.3 Å². The Morgan fingerprint density at radius 2 is 1.94 bits per heavy atom. The summed E-state index contributed by atoms with van der Waals surface area (Å²) in [5, 5.41) is 18.0. The van der Waals surface area contributed by atoms with E-state index < -0.39 is 23.6 Å². The van der Waals surface area contributed by atoms with Gasteiger partial charge in [0.2, 0.25) is 0 Å². The number of phenols is 1. The monoisotopic (exact) mass is 254 g/mol. The van der Waals surface area contributed by atoms with Crippen LogP contribution in [0.25, 0.3) is 0 Å². The first kappa shape index (κ1) is 13.1. The van der Waals surface area contributed by atoms with Gasteiger partial charge in [0.05, 0.1) is 16.7 Å². The molecule has 0 saturated carbocycles. The van der Waals surface area contributed by atoms with Crippen molar-refractivity contribution >= 4 is 11.6 Å². The van der Waals surface area contributed by atoms with Crippen molar-refractivity contribution in [3.63, 3.8) is 0 Å². The Bertz CT molecular complexity index is 388. The predicted molar refractivity (Wildman–Crippen MR) is 53.5 cm³/mol. The standard InChI is InChI=1S/C10H10ClF3O2/c1-5(15)2-6-3-8(11)9(16)4-7(6)10(12,13)14/h3-5,15-16H,2H2,1H3. The van der Waals surface area contributed by atoms with Crippen LogP contribution < -0.4 is 0 Å². The Kier molecular flexibility index (Phi) is 3.70. The molecule has 0 amide bonds. The molecule has 0 radical (unpaired) electrons. The number of halogens is 4. The van der Waals surface area contributed by atoms with E-state index in [2.05, 4.69) is 0 Å². The van der Waals surface area contributed by atoms with Gasteiger partial charge in [0, 0.05) is 0 Å². The van der Waals surface area contributed by atoms with Gasteiger partial charge in [-0.1, -0.05) is 11.6 Å². The molecule has 1 rings (SSSR count). The second kappa shape index (κ2) is 4.51. The first-order chi connectivity index (χ1) is 7.21. The van der Waals surface area contributed by atoms with Crippen LogP contribution in [-0.4, -0.2) is 16.3 Å². The van der Waals surface area contributed by atoms with E-state index in [1.807, 2.05) is 0 Å². The molecule has 0 aliphatic heterocycles. The molecule has 6 heteroatoms. The number of aliphatic hydroxyl groups excluding tert-OH is 1. The maximum Gasteiger partial charge on any atom is 0.416 e. The lowest BCUT2D eigenvalue weighted by molar-refractivity contribution is -0.138. The number of benzene rings is 1. The van der Waals surface area contributed by atoms with E-state index in [9.17, 15) is 13.2 Å². The molecule has 1 unspecified atom stereocenters. The second-order valence-corrected chi connectivity index (χ2v) is 3.92. The van der Waals surface area contributed by atoms with E-state index in [4.69, 9.17) is 21.8 Å². The number of alkyl halides is 3. The quantitative estimate of drug-likeness (QED) is 0.852. The molecule has 0 fully saturated rings. The SMILES string of the molecule is CC(O)Cc1cc(Cl)c(O)cc1C(F)(F)F. The van der Waals surface area contributed by atoms with Crippen LogP contribution >= 0.6 is 11.6 Å². The van der Waals surface area contributed by atoms with Gasteiger partial charge in [-0.2, -0.15) is 13.2 Å². The van der Waals surface area contributed by atoms with Crippen LogP contribution in [0.15, 0.2) is 12.1 Å². The van der Waals surface area contributed by atoms with Crippen LogP contribution in [0, 0.1) is 0 Å². The van der Waals surface area contributed by atoms with Gasteiger partial charge in [-0.05, 0) is 31.0 Å². The highest BCUT2D eigenvalue weighted by Gasteiger charge is 2.34. The smallest absolute Gasteiger partial charge is 0.416 e. The van der Waals surface area contributed by atoms with E-state index in [0.29, 0.717) is 6.07 Å². The summed E-state index contributed by atoms with van der Waals surface area (Å²) in [6, 6.07) is 1.59. The highest BCUT2D eigenvalue weighted by molar-refractivity contribution is 6.32. The summed E-state index contributed by atoms with van der Waals surface area (Å²) < 4.78 is 37.7. The number of phenolic OH excluding ortho intramolecular Hbond substituents is 1. The molecule has 0 aliphatic carbocycles. The number of rotatable bonds is 2. The van der Waals surface area contributed by atoms with Crippen molar-refractivity contribution in [2.24, 2.45) is 0 Å². The van der Waals surface area contributed by atoms with Crippen molar-refractivity contribution in [1.82, 2.24) is 0 Å². The van der Waals surface area contributed by atoms with E-state index in [1.54, 1.807) is 0 Å². The van der Waals surface area contributed by atoms with Gasteiger partial charge in [-0.25, -0.2) is 0 Å². The summed E-state index contributed by atoms with van der Waals surface area (Å²) in [4.78, 5) is 0. The topological polar surface area (TPSA) is 40.5 Å². The van der Waals surface area contributed by atoms with Gasteiger partial charge in [0.15, 0.2) is 0 Å². The fourth-order valence-electron chi connectivity index (χ4n) is 1.35. The van der Waals surface area contributed by atoms with Crippen LogP contribution in [0.2, 0.25) is 5.02 Å². The molecule has 1 aromatic carbocycles. The van der Waals surface area contributed by atoms with E-state index in [0.717, 1.165) is 6.07 Å². The Hall–Kier alpha value is -0.940. The van der Waals surface area contributed by atoms with Gasteiger partial charge < -0.3 is 10.2 Å². The molecule has 0 aromatic heterocycles. The molecular formula is C10H10ClF3O2. The van der Waals surface area contributed by atoms with Crippen molar-refractivity contribution in [2.45, 2.75) is 25.6 Å². The second-order valence-electron chi connectivity index (χ2n) is 3.51. The summed E-state index contributed by atoms with van der Waals surface area (Å²) >= 11 is 5.52. The average Bonchev–Trinajstić information content (AvgIpc) is 2.08. The fraction of sp³-hybridized carbons (Fsp3) is 0.400. The minimum Gasteiger partial charge on any atom is -0.506 e. The molecule has 16 heavy (non-hydrogen) atoms. The summed E-state index contributed by atoms with van der Waals surface area (Å²) in [6.45, 7) is 1.38. The minimum atomic E-state index is -4.58. The number of aliphatic hydroxyl groups is 1. The molecule has 0 aliphatic rings. The Morgan fingerprint density at radius 3 is 2.38 bits per heavy atom. The largest absolute Gasteiger partial charge is 0.506 e. The van der Waals surface area contributed by atoms with Gasteiger partial charge in [0.1, 0.15) is 5.75 Å². The molecule has 1 aromatic rings. The number of hydrogen-bond acceptors (Lipinski definition) is 2.